The number of benzene rings is 1. The maximum atomic E-state index is 11.6. The smallest absolute Gasteiger partial charge is 0.305 e. The summed E-state index contributed by atoms with van der Waals surface area (Å²) in [5.74, 6) is 0.281. The summed E-state index contributed by atoms with van der Waals surface area (Å²) in [5.41, 5.74) is 3.86. The van der Waals surface area contributed by atoms with Gasteiger partial charge in [0.25, 0.3) is 0 Å². The zero-order valence-corrected chi connectivity index (χ0v) is 18.4. The molecule has 0 amide bonds. The summed E-state index contributed by atoms with van der Waals surface area (Å²) >= 11 is 0. The number of hydrogen-bond donors (Lipinski definition) is 2. The van der Waals surface area contributed by atoms with Crippen molar-refractivity contribution in [1.82, 2.24) is 4.57 Å². The van der Waals surface area contributed by atoms with Crippen LogP contribution in [0.1, 0.15) is 50.4 Å². The Kier molecular flexibility index (Phi) is 9.42. The number of aromatic nitrogens is 1. The van der Waals surface area contributed by atoms with Crippen molar-refractivity contribution in [3.05, 3.63) is 59.4 Å². The minimum atomic E-state index is -0.649. The van der Waals surface area contributed by atoms with Gasteiger partial charge in [-0.05, 0) is 36.6 Å². The number of hydrogen-bond acceptors (Lipinski definition) is 3. The van der Waals surface area contributed by atoms with E-state index in [4.69, 9.17) is 4.74 Å². The van der Waals surface area contributed by atoms with Crippen molar-refractivity contribution >= 4 is 5.97 Å². The van der Waals surface area contributed by atoms with E-state index in [1.165, 1.54) is 21.7 Å². The lowest BCUT2D eigenvalue weighted by atomic mass is 10.1. The Bertz CT molecular complexity index is 754. The lowest BCUT2D eigenvalue weighted by Crippen LogP contribution is -3.12. The lowest BCUT2D eigenvalue weighted by molar-refractivity contribution is -0.920. The lowest BCUT2D eigenvalue weighted by Gasteiger charge is -2.24. The Morgan fingerprint density at radius 1 is 1.17 bits per heavy atom. The van der Waals surface area contributed by atoms with Crippen LogP contribution >= 0.6 is 0 Å². The van der Waals surface area contributed by atoms with Crippen molar-refractivity contribution in [2.24, 2.45) is 5.92 Å². The molecule has 0 aliphatic carbocycles. The summed E-state index contributed by atoms with van der Waals surface area (Å²) in [5, 5.41) is 10.4. The molecule has 2 N–H and O–H groups in total. The number of esters is 1. The second-order valence-corrected chi connectivity index (χ2v) is 8.37. The average Bonchev–Trinajstić information content (AvgIpc) is 3.08. The molecule has 160 valence electrons. The first-order valence-electron chi connectivity index (χ1n) is 10.7. The Labute approximate surface area is 175 Å². The fourth-order valence-electron chi connectivity index (χ4n) is 3.65. The van der Waals surface area contributed by atoms with Gasteiger partial charge < -0.3 is 19.3 Å². The minimum absolute atomic E-state index is 0.0741. The highest BCUT2D eigenvalue weighted by molar-refractivity contribution is 5.69. The fourth-order valence-corrected chi connectivity index (χ4v) is 3.65. The number of rotatable bonds is 12. The molecule has 0 fully saturated rings. The molecule has 0 aliphatic heterocycles. The highest BCUT2D eigenvalue weighted by Crippen LogP contribution is 2.11. The summed E-state index contributed by atoms with van der Waals surface area (Å²) in [4.78, 5) is 12.9. The maximum absolute atomic E-state index is 11.6. The second-order valence-electron chi connectivity index (χ2n) is 8.37. The van der Waals surface area contributed by atoms with Crippen LogP contribution in [0.3, 0.4) is 0 Å². The van der Waals surface area contributed by atoms with Gasteiger partial charge in [0, 0.05) is 25.1 Å². The van der Waals surface area contributed by atoms with Gasteiger partial charge in [-0.2, -0.15) is 0 Å². The van der Waals surface area contributed by atoms with Gasteiger partial charge in [0.05, 0.1) is 12.2 Å². The number of ether oxygens (including phenoxy) is 1. The molecule has 0 bridgehead atoms. The van der Waals surface area contributed by atoms with Gasteiger partial charge in [0.2, 0.25) is 0 Å². The van der Waals surface area contributed by atoms with E-state index in [9.17, 15) is 9.90 Å². The van der Waals surface area contributed by atoms with Crippen LogP contribution < -0.4 is 4.90 Å². The van der Waals surface area contributed by atoms with Gasteiger partial charge >= 0.3 is 5.97 Å². The predicted molar refractivity (Wildman–Crippen MR) is 116 cm³/mol. The first-order valence-corrected chi connectivity index (χ1v) is 10.7. The molecule has 1 aromatic heterocycles. The van der Waals surface area contributed by atoms with Crippen molar-refractivity contribution in [1.29, 1.82) is 0 Å². The molecule has 5 nitrogen and oxygen atoms in total. The Hall–Kier alpha value is -2.11. The average molecular weight is 402 g/mol. The molecular weight excluding hydrogens is 364 g/mol. The van der Waals surface area contributed by atoms with E-state index in [0.717, 1.165) is 26.1 Å². The molecule has 2 aromatic rings. The molecule has 29 heavy (non-hydrogen) atoms. The number of nitrogens with zero attached hydrogens (tertiary/aromatic N) is 1. The Balaban J connectivity index is 2.00. The number of aliphatic hydroxyl groups excluding tert-OH is 1. The van der Waals surface area contributed by atoms with E-state index in [2.05, 4.69) is 67.9 Å². The topological polar surface area (TPSA) is 55.9 Å². The Morgan fingerprint density at radius 3 is 2.62 bits per heavy atom. The van der Waals surface area contributed by atoms with Crippen molar-refractivity contribution in [3.63, 3.8) is 0 Å². The first kappa shape index (κ1) is 23.2. The molecular formula is C24H37N2O3+. The van der Waals surface area contributed by atoms with E-state index in [0.29, 0.717) is 18.9 Å². The number of aliphatic hydroxyl groups is 1. The van der Waals surface area contributed by atoms with Crippen molar-refractivity contribution in [2.75, 3.05) is 19.7 Å². The molecule has 1 heterocycles. The highest BCUT2D eigenvalue weighted by atomic mass is 16.5. The molecule has 0 saturated carbocycles. The van der Waals surface area contributed by atoms with Gasteiger partial charge in [-0.1, -0.05) is 45.0 Å². The SMILES string of the molecule is CCCC(=O)OC[C@@H](O)C[NH+](Cc1cccn1Cc1ccccc1C)CC(C)C. The normalized spacial score (nSPS) is 13.4. The Morgan fingerprint density at radius 2 is 1.93 bits per heavy atom. The third-order valence-corrected chi connectivity index (χ3v) is 5.07. The number of carbonyl (C=O) groups excluding carboxylic acids is 1. The zero-order chi connectivity index (χ0) is 21.2. The van der Waals surface area contributed by atoms with Crippen LogP contribution in [0.25, 0.3) is 0 Å². The molecule has 0 saturated heterocycles. The third-order valence-electron chi connectivity index (χ3n) is 5.07. The molecule has 0 aliphatic rings. The van der Waals surface area contributed by atoms with Gasteiger partial charge in [0.15, 0.2) is 0 Å². The zero-order valence-electron chi connectivity index (χ0n) is 18.4. The standard InChI is InChI=1S/C24H36N2O3/c1-5-9-24(28)29-18-23(27)17-25(14-19(2)3)16-22-12-8-13-26(22)15-21-11-7-6-10-20(21)4/h6-8,10-13,19,23,27H,5,9,14-18H2,1-4H3/p+1/t23-/m0/s1. The molecule has 5 heteroatoms. The van der Waals surface area contributed by atoms with Crippen molar-refractivity contribution in [2.45, 2.75) is 59.7 Å². The summed E-state index contributed by atoms with van der Waals surface area (Å²) in [6.45, 7) is 11.7. The molecule has 2 rings (SSSR count). The van der Waals surface area contributed by atoms with Crippen LogP contribution in [-0.4, -0.2) is 41.4 Å². The quantitative estimate of drug-likeness (QED) is 0.538. The van der Waals surface area contributed by atoms with Crippen LogP contribution in [0.2, 0.25) is 0 Å². The summed E-state index contributed by atoms with van der Waals surface area (Å²) in [7, 11) is 0. The van der Waals surface area contributed by atoms with Gasteiger partial charge in [-0.15, -0.1) is 0 Å². The number of quaternary nitrogens is 1. The van der Waals surface area contributed by atoms with Crippen LogP contribution in [-0.2, 0) is 22.6 Å². The van der Waals surface area contributed by atoms with Crippen molar-refractivity contribution in [3.8, 4) is 0 Å². The molecule has 0 spiro atoms. The first-order chi connectivity index (χ1) is 13.9. The van der Waals surface area contributed by atoms with Gasteiger partial charge in [-0.3, -0.25) is 4.79 Å². The van der Waals surface area contributed by atoms with Gasteiger partial charge in [-0.25, -0.2) is 0 Å². The molecule has 1 aromatic carbocycles. The van der Waals surface area contributed by atoms with E-state index in [1.807, 2.05) is 6.92 Å². The van der Waals surface area contributed by atoms with E-state index >= 15 is 0 Å². The monoisotopic (exact) mass is 401 g/mol. The van der Waals surface area contributed by atoms with Crippen LogP contribution in [0.5, 0.6) is 0 Å². The minimum Gasteiger partial charge on any atom is -0.463 e. The largest absolute Gasteiger partial charge is 0.463 e. The van der Waals surface area contributed by atoms with Crippen LogP contribution in [0.15, 0.2) is 42.6 Å². The number of aryl methyl sites for hydroxylation is 1. The molecule has 1 unspecified atom stereocenters. The molecule has 0 radical (unpaired) electrons. The summed E-state index contributed by atoms with van der Waals surface area (Å²) in [6, 6.07) is 12.7. The van der Waals surface area contributed by atoms with E-state index < -0.39 is 6.10 Å². The van der Waals surface area contributed by atoms with Crippen molar-refractivity contribution < 1.29 is 19.5 Å². The summed E-state index contributed by atoms with van der Waals surface area (Å²) < 4.78 is 7.48. The second kappa shape index (κ2) is 11.8. The third kappa shape index (κ3) is 8.03. The summed E-state index contributed by atoms with van der Waals surface area (Å²) in [6.07, 6.45) is 2.64. The van der Waals surface area contributed by atoms with Crippen LogP contribution in [0.4, 0.5) is 0 Å². The molecule has 2 atom stereocenters. The van der Waals surface area contributed by atoms with Crippen LogP contribution in [0, 0.1) is 12.8 Å². The van der Waals surface area contributed by atoms with E-state index in [-0.39, 0.29) is 12.6 Å². The highest BCUT2D eigenvalue weighted by Gasteiger charge is 2.20. The van der Waals surface area contributed by atoms with Gasteiger partial charge in [0.1, 0.15) is 25.8 Å². The maximum Gasteiger partial charge on any atom is 0.305 e. The number of nitrogens with one attached hydrogen (secondary N) is 1. The number of carbonyl (C=O) groups is 1. The van der Waals surface area contributed by atoms with E-state index in [1.54, 1.807) is 0 Å². The fraction of sp³-hybridized carbons (Fsp3) is 0.542. The predicted octanol–water partition coefficient (Wildman–Crippen LogP) is 2.59.